The Kier molecular flexibility index (Phi) is 8.82. The van der Waals surface area contributed by atoms with E-state index >= 15 is 0 Å². The van der Waals surface area contributed by atoms with Crippen LogP contribution in [0.4, 0.5) is 0 Å². The summed E-state index contributed by atoms with van der Waals surface area (Å²) in [7, 11) is 2.13. The molecule has 0 saturated carbocycles. The summed E-state index contributed by atoms with van der Waals surface area (Å²) in [6.07, 6.45) is 6.76. The van der Waals surface area contributed by atoms with E-state index in [1.54, 1.807) is 18.2 Å². The Morgan fingerprint density at radius 1 is 1.00 bits per heavy atom. The Bertz CT molecular complexity index is 997. The van der Waals surface area contributed by atoms with Crippen LogP contribution in [0.5, 0.6) is 5.88 Å². The van der Waals surface area contributed by atoms with Crippen molar-refractivity contribution in [3.05, 3.63) is 23.9 Å². The number of nitrogens with zero attached hydrogens (tertiary/aromatic N) is 4. The van der Waals surface area contributed by atoms with E-state index in [-0.39, 0.29) is 29.6 Å². The Labute approximate surface area is 226 Å². The number of piperidine rings is 2. The van der Waals surface area contributed by atoms with Crippen molar-refractivity contribution < 1.29 is 19.1 Å². The van der Waals surface area contributed by atoms with Gasteiger partial charge in [0.15, 0.2) is 0 Å². The minimum absolute atomic E-state index is 0.195. The summed E-state index contributed by atoms with van der Waals surface area (Å²) in [5.41, 5.74) is 0.359. The number of likely N-dealkylation sites (tertiary alicyclic amines) is 2. The van der Waals surface area contributed by atoms with Crippen molar-refractivity contribution in [3.63, 3.8) is 0 Å². The number of hydrogen-bond acceptors (Lipinski definition) is 6. The van der Waals surface area contributed by atoms with Crippen LogP contribution in [0.1, 0.15) is 61.9 Å². The van der Waals surface area contributed by atoms with Gasteiger partial charge in [-0.1, -0.05) is 6.07 Å². The average molecular weight is 526 g/mol. The number of amides is 3. The zero-order chi connectivity index (χ0) is 26.5. The lowest BCUT2D eigenvalue weighted by atomic mass is 9.79. The van der Waals surface area contributed by atoms with Gasteiger partial charge in [0, 0.05) is 58.2 Å². The van der Waals surface area contributed by atoms with Crippen molar-refractivity contribution in [1.29, 1.82) is 0 Å². The van der Waals surface area contributed by atoms with Gasteiger partial charge >= 0.3 is 0 Å². The van der Waals surface area contributed by atoms with Crippen LogP contribution in [0.25, 0.3) is 0 Å². The standard InChI is InChI=1S/C29H43N5O4/c1-32-14-8-21-18-28(36)34-15-9-22(17-27(35)33-12-2-3-13-33)24(20-34)10-16-38-26-6-4-5-25(31-26)29(37)30-11-7-23(21)19-32/h4-6,21-24H,2-3,7-20H2,1H3,(H,30,37)/t21-,22-,23-,24-/m0/s1. The topological polar surface area (TPSA) is 95.1 Å². The molecule has 1 aromatic heterocycles. The van der Waals surface area contributed by atoms with Gasteiger partial charge < -0.3 is 24.8 Å². The summed E-state index contributed by atoms with van der Waals surface area (Å²) >= 11 is 0. The van der Waals surface area contributed by atoms with Crippen LogP contribution in [-0.2, 0) is 9.59 Å². The lowest BCUT2D eigenvalue weighted by Crippen LogP contribution is -2.47. The quantitative estimate of drug-likeness (QED) is 0.637. The van der Waals surface area contributed by atoms with Gasteiger partial charge in [0.25, 0.3) is 5.91 Å². The molecule has 0 unspecified atom stereocenters. The van der Waals surface area contributed by atoms with Crippen molar-refractivity contribution in [2.75, 3.05) is 59.5 Å². The van der Waals surface area contributed by atoms with Crippen LogP contribution < -0.4 is 10.1 Å². The lowest BCUT2D eigenvalue weighted by molar-refractivity contribution is -0.137. The van der Waals surface area contributed by atoms with Gasteiger partial charge in [-0.3, -0.25) is 14.4 Å². The molecule has 9 heteroatoms. The van der Waals surface area contributed by atoms with Crippen LogP contribution in [-0.4, -0.2) is 96.9 Å². The van der Waals surface area contributed by atoms with E-state index in [1.807, 2.05) is 4.90 Å². The number of hydrogen-bond donors (Lipinski definition) is 1. The zero-order valence-electron chi connectivity index (χ0n) is 22.8. The third-order valence-electron chi connectivity index (χ3n) is 9.17. The smallest absolute Gasteiger partial charge is 0.270 e. The molecule has 4 atom stereocenters. The summed E-state index contributed by atoms with van der Waals surface area (Å²) in [5, 5.41) is 3.02. The summed E-state index contributed by atoms with van der Waals surface area (Å²) in [5.74, 6) is 1.87. The van der Waals surface area contributed by atoms with Gasteiger partial charge in [-0.2, -0.15) is 0 Å². The van der Waals surface area contributed by atoms with Crippen molar-refractivity contribution in [1.82, 2.24) is 25.0 Å². The van der Waals surface area contributed by atoms with Gasteiger partial charge in [0.05, 0.1) is 6.61 Å². The molecule has 38 heavy (non-hydrogen) atoms. The monoisotopic (exact) mass is 525 g/mol. The van der Waals surface area contributed by atoms with E-state index in [9.17, 15) is 14.4 Å². The highest BCUT2D eigenvalue weighted by atomic mass is 16.5. The molecule has 0 aliphatic carbocycles. The first kappa shape index (κ1) is 26.9. The average Bonchev–Trinajstić information content (AvgIpc) is 3.46. The highest BCUT2D eigenvalue weighted by molar-refractivity contribution is 5.92. The first-order valence-corrected chi connectivity index (χ1v) is 14.6. The molecule has 5 rings (SSSR count). The fourth-order valence-electron chi connectivity index (χ4n) is 6.83. The minimum Gasteiger partial charge on any atom is -0.478 e. The molecule has 1 N–H and O–H groups in total. The maximum atomic E-state index is 13.5. The first-order chi connectivity index (χ1) is 18.5. The molecular weight excluding hydrogens is 482 g/mol. The molecule has 0 aromatic carbocycles. The van der Waals surface area contributed by atoms with Gasteiger partial charge in [0.2, 0.25) is 17.7 Å². The second kappa shape index (κ2) is 12.5. The maximum absolute atomic E-state index is 13.5. The van der Waals surface area contributed by atoms with E-state index in [1.165, 1.54) is 0 Å². The van der Waals surface area contributed by atoms with E-state index in [0.717, 1.165) is 71.2 Å². The summed E-state index contributed by atoms with van der Waals surface area (Å²) < 4.78 is 5.99. The summed E-state index contributed by atoms with van der Waals surface area (Å²) in [6.45, 7) is 6.10. The number of fused-ring (bicyclic) bond motifs is 5. The third-order valence-corrected chi connectivity index (χ3v) is 9.17. The normalized spacial score (nSPS) is 29.7. The molecule has 4 aliphatic heterocycles. The highest BCUT2D eigenvalue weighted by Crippen LogP contribution is 2.33. The van der Waals surface area contributed by atoms with Crippen LogP contribution in [0.2, 0.25) is 0 Å². The minimum atomic E-state index is -0.195. The zero-order valence-corrected chi connectivity index (χ0v) is 22.8. The number of ether oxygens (including phenoxy) is 1. The fraction of sp³-hybridized carbons (Fsp3) is 0.724. The van der Waals surface area contributed by atoms with Gasteiger partial charge in [-0.05, 0) is 81.9 Å². The van der Waals surface area contributed by atoms with Crippen molar-refractivity contribution in [3.8, 4) is 5.88 Å². The SMILES string of the molecule is CN1CC[C@H]2CC(=O)N3CC[C@@H](CC(=O)N4CCCC4)[C@@H](CCOc4cccc(n4)C(=O)NCC[C@H]2C1)C3. The number of pyridine rings is 1. The number of aromatic nitrogens is 1. The molecule has 3 fully saturated rings. The second-order valence-electron chi connectivity index (χ2n) is 11.8. The number of nitrogens with one attached hydrogen (secondary N) is 1. The number of rotatable bonds is 2. The lowest BCUT2D eigenvalue weighted by Gasteiger charge is -2.41. The number of carbonyl (C=O) groups is 3. The summed E-state index contributed by atoms with van der Waals surface area (Å²) in [6, 6.07) is 5.29. The molecule has 0 spiro atoms. The molecule has 1 aromatic rings. The van der Waals surface area contributed by atoms with Crippen molar-refractivity contribution >= 4 is 17.7 Å². The molecule has 5 heterocycles. The predicted octanol–water partition coefficient (Wildman–Crippen LogP) is 2.42. The van der Waals surface area contributed by atoms with Gasteiger partial charge in [0.1, 0.15) is 5.69 Å². The van der Waals surface area contributed by atoms with E-state index in [2.05, 4.69) is 27.1 Å². The highest BCUT2D eigenvalue weighted by Gasteiger charge is 2.36. The van der Waals surface area contributed by atoms with Crippen LogP contribution >= 0.6 is 0 Å². The van der Waals surface area contributed by atoms with E-state index in [4.69, 9.17) is 4.74 Å². The Hall–Kier alpha value is -2.68. The fourth-order valence-corrected chi connectivity index (χ4v) is 6.83. The van der Waals surface area contributed by atoms with Crippen molar-refractivity contribution in [2.24, 2.45) is 23.7 Å². The Morgan fingerprint density at radius 2 is 1.84 bits per heavy atom. The van der Waals surface area contributed by atoms with Crippen LogP contribution in [0.15, 0.2) is 18.2 Å². The predicted molar refractivity (Wildman–Crippen MR) is 144 cm³/mol. The van der Waals surface area contributed by atoms with E-state index < -0.39 is 0 Å². The van der Waals surface area contributed by atoms with Gasteiger partial charge in [-0.15, -0.1) is 0 Å². The molecule has 3 saturated heterocycles. The Morgan fingerprint density at radius 3 is 2.68 bits per heavy atom. The third kappa shape index (κ3) is 6.65. The molecule has 4 aliphatic rings. The van der Waals surface area contributed by atoms with Crippen molar-refractivity contribution in [2.45, 2.75) is 51.4 Å². The van der Waals surface area contributed by atoms with E-state index in [0.29, 0.717) is 55.9 Å². The largest absolute Gasteiger partial charge is 0.478 e. The molecule has 0 radical (unpaired) electrons. The second-order valence-corrected chi connectivity index (χ2v) is 11.8. The van der Waals surface area contributed by atoms with Gasteiger partial charge in [-0.25, -0.2) is 4.98 Å². The van der Waals surface area contributed by atoms with Crippen LogP contribution in [0.3, 0.4) is 0 Å². The summed E-state index contributed by atoms with van der Waals surface area (Å²) in [4.78, 5) is 50.1. The first-order valence-electron chi connectivity index (χ1n) is 14.6. The number of carbonyl (C=O) groups excluding carboxylic acids is 3. The van der Waals surface area contributed by atoms with Crippen LogP contribution in [0, 0.1) is 23.7 Å². The molecule has 4 bridgehead atoms. The maximum Gasteiger partial charge on any atom is 0.270 e. The molecule has 9 nitrogen and oxygen atoms in total. The molecule has 3 amide bonds. The molecule has 208 valence electrons. The molecular formula is C29H43N5O4. The Balaban J connectivity index is 1.33.